The minimum absolute atomic E-state index is 0.454. The van der Waals surface area contributed by atoms with Gasteiger partial charge in [0.15, 0.2) is 0 Å². The molecule has 0 aliphatic carbocycles. The fourth-order valence-corrected chi connectivity index (χ4v) is 2.87. The lowest BCUT2D eigenvalue weighted by atomic mass is 10.00. The van der Waals surface area contributed by atoms with Crippen LogP contribution in [0.4, 0.5) is 0 Å². The molecule has 0 aromatic carbocycles. The first-order valence-electron chi connectivity index (χ1n) is 7.59. The molecule has 108 valence electrons. The van der Waals surface area contributed by atoms with Gasteiger partial charge in [-0.3, -0.25) is 4.68 Å². The summed E-state index contributed by atoms with van der Waals surface area (Å²) in [5.74, 6) is 0. The predicted molar refractivity (Wildman–Crippen MR) is 77.1 cm³/mol. The zero-order chi connectivity index (χ0) is 13.7. The van der Waals surface area contributed by atoms with Crippen LogP contribution >= 0.6 is 0 Å². The summed E-state index contributed by atoms with van der Waals surface area (Å²) in [7, 11) is 1.99. The number of ether oxygens (including phenoxy) is 1. The molecule has 1 aromatic rings. The normalized spacial score (nSPS) is 23.7. The highest BCUT2D eigenvalue weighted by atomic mass is 16.5. The Balaban J connectivity index is 1.84. The summed E-state index contributed by atoms with van der Waals surface area (Å²) < 4.78 is 7.71. The number of hydrogen-bond donors (Lipinski definition) is 1. The molecule has 0 saturated carbocycles. The lowest BCUT2D eigenvalue weighted by molar-refractivity contribution is -0.00343. The first kappa shape index (κ1) is 14.5. The van der Waals surface area contributed by atoms with Crippen molar-refractivity contribution in [2.75, 3.05) is 6.61 Å². The maximum atomic E-state index is 5.79. The molecule has 0 bridgehead atoms. The highest BCUT2D eigenvalue weighted by Crippen LogP contribution is 2.18. The van der Waals surface area contributed by atoms with Gasteiger partial charge in [-0.15, -0.1) is 0 Å². The van der Waals surface area contributed by atoms with Crippen LogP contribution in [0.3, 0.4) is 0 Å². The van der Waals surface area contributed by atoms with Crippen LogP contribution in [0, 0.1) is 0 Å². The molecule has 19 heavy (non-hydrogen) atoms. The molecule has 1 N–H and O–H groups in total. The van der Waals surface area contributed by atoms with E-state index in [2.05, 4.69) is 30.5 Å². The Morgan fingerprint density at radius 1 is 1.47 bits per heavy atom. The van der Waals surface area contributed by atoms with Crippen molar-refractivity contribution in [2.45, 2.75) is 64.6 Å². The minimum Gasteiger partial charge on any atom is -0.378 e. The number of nitrogens with zero attached hydrogens (tertiary/aromatic N) is 2. The standard InChI is InChI=1S/C15H27N3O/c1-4-6-14-9-13(7-8-19-14)16-10-12-11-18(3)17-15(12)5-2/h11,13-14,16H,4-10H2,1-3H3. The van der Waals surface area contributed by atoms with Crippen molar-refractivity contribution in [1.82, 2.24) is 15.1 Å². The molecule has 1 saturated heterocycles. The lowest BCUT2D eigenvalue weighted by Gasteiger charge is -2.30. The Hall–Kier alpha value is -0.870. The van der Waals surface area contributed by atoms with Gasteiger partial charge in [0.1, 0.15) is 0 Å². The summed E-state index contributed by atoms with van der Waals surface area (Å²) in [5, 5.41) is 8.17. The van der Waals surface area contributed by atoms with Crippen LogP contribution in [-0.2, 0) is 24.8 Å². The van der Waals surface area contributed by atoms with Crippen molar-refractivity contribution in [3.63, 3.8) is 0 Å². The minimum atomic E-state index is 0.454. The number of aryl methyl sites for hydroxylation is 2. The van der Waals surface area contributed by atoms with Gasteiger partial charge < -0.3 is 10.1 Å². The fourth-order valence-electron chi connectivity index (χ4n) is 2.87. The molecule has 0 amide bonds. The maximum absolute atomic E-state index is 5.79. The fraction of sp³-hybridized carbons (Fsp3) is 0.800. The van der Waals surface area contributed by atoms with Crippen LogP contribution in [0.25, 0.3) is 0 Å². The van der Waals surface area contributed by atoms with Gasteiger partial charge in [0.25, 0.3) is 0 Å². The second-order valence-corrected chi connectivity index (χ2v) is 5.51. The molecule has 4 nitrogen and oxygen atoms in total. The van der Waals surface area contributed by atoms with E-state index in [1.807, 2.05) is 11.7 Å². The second-order valence-electron chi connectivity index (χ2n) is 5.51. The summed E-state index contributed by atoms with van der Waals surface area (Å²) in [5.41, 5.74) is 2.55. The molecule has 2 unspecified atom stereocenters. The number of hydrogen-bond acceptors (Lipinski definition) is 3. The number of rotatable bonds is 6. The van der Waals surface area contributed by atoms with Crippen LogP contribution < -0.4 is 5.32 Å². The van der Waals surface area contributed by atoms with Gasteiger partial charge in [-0.05, 0) is 25.7 Å². The van der Waals surface area contributed by atoms with Gasteiger partial charge in [0.2, 0.25) is 0 Å². The van der Waals surface area contributed by atoms with Crippen LogP contribution in [0.5, 0.6) is 0 Å². The summed E-state index contributed by atoms with van der Waals surface area (Å²) in [6.45, 7) is 6.22. The molecule has 2 heterocycles. The van der Waals surface area contributed by atoms with Crippen molar-refractivity contribution in [3.8, 4) is 0 Å². The van der Waals surface area contributed by atoms with Crippen LogP contribution in [0.2, 0.25) is 0 Å². The summed E-state index contributed by atoms with van der Waals surface area (Å²) in [4.78, 5) is 0. The Morgan fingerprint density at radius 3 is 3.05 bits per heavy atom. The van der Waals surface area contributed by atoms with Crippen molar-refractivity contribution in [1.29, 1.82) is 0 Å². The van der Waals surface area contributed by atoms with Gasteiger partial charge in [0.05, 0.1) is 11.8 Å². The summed E-state index contributed by atoms with van der Waals surface area (Å²) in [6, 6.07) is 0.593. The quantitative estimate of drug-likeness (QED) is 0.858. The van der Waals surface area contributed by atoms with E-state index in [0.717, 1.165) is 32.4 Å². The van der Waals surface area contributed by atoms with E-state index in [0.29, 0.717) is 12.1 Å². The van der Waals surface area contributed by atoms with E-state index in [1.54, 1.807) is 0 Å². The van der Waals surface area contributed by atoms with Gasteiger partial charge in [-0.2, -0.15) is 5.10 Å². The first-order valence-corrected chi connectivity index (χ1v) is 7.59. The molecule has 1 aliphatic heterocycles. The average molecular weight is 265 g/mol. The van der Waals surface area contributed by atoms with E-state index in [9.17, 15) is 0 Å². The van der Waals surface area contributed by atoms with Gasteiger partial charge in [-0.1, -0.05) is 20.3 Å². The van der Waals surface area contributed by atoms with E-state index in [-0.39, 0.29) is 0 Å². The summed E-state index contributed by atoms with van der Waals surface area (Å²) in [6.07, 6.45) is 8.26. The van der Waals surface area contributed by atoms with Crippen molar-refractivity contribution in [2.24, 2.45) is 7.05 Å². The largest absolute Gasteiger partial charge is 0.378 e. The van der Waals surface area contributed by atoms with Crippen molar-refractivity contribution >= 4 is 0 Å². The highest BCUT2D eigenvalue weighted by Gasteiger charge is 2.21. The molecular weight excluding hydrogens is 238 g/mol. The molecule has 2 atom stereocenters. The molecule has 0 radical (unpaired) electrons. The molecule has 2 rings (SSSR count). The van der Waals surface area contributed by atoms with E-state index < -0.39 is 0 Å². The van der Waals surface area contributed by atoms with Crippen LogP contribution in [0.15, 0.2) is 6.20 Å². The van der Waals surface area contributed by atoms with Gasteiger partial charge in [-0.25, -0.2) is 0 Å². The summed E-state index contributed by atoms with van der Waals surface area (Å²) >= 11 is 0. The van der Waals surface area contributed by atoms with Crippen molar-refractivity contribution < 1.29 is 4.74 Å². The smallest absolute Gasteiger partial charge is 0.0666 e. The molecule has 1 aromatic heterocycles. The third kappa shape index (κ3) is 4.05. The van der Waals surface area contributed by atoms with E-state index in [4.69, 9.17) is 4.74 Å². The lowest BCUT2D eigenvalue weighted by Crippen LogP contribution is -2.38. The number of aromatic nitrogens is 2. The maximum Gasteiger partial charge on any atom is 0.0666 e. The Morgan fingerprint density at radius 2 is 2.32 bits per heavy atom. The molecule has 4 heteroatoms. The second kappa shape index (κ2) is 7.06. The van der Waals surface area contributed by atoms with Crippen LogP contribution in [0.1, 0.15) is 50.8 Å². The predicted octanol–water partition coefficient (Wildman–Crippen LogP) is 2.42. The molecule has 1 aliphatic rings. The third-order valence-corrected chi connectivity index (χ3v) is 3.89. The monoisotopic (exact) mass is 265 g/mol. The topological polar surface area (TPSA) is 39.1 Å². The molecule has 0 spiro atoms. The zero-order valence-electron chi connectivity index (χ0n) is 12.5. The number of nitrogens with one attached hydrogen (secondary N) is 1. The van der Waals surface area contributed by atoms with E-state index in [1.165, 1.54) is 24.1 Å². The van der Waals surface area contributed by atoms with Gasteiger partial charge >= 0.3 is 0 Å². The Labute approximate surface area is 116 Å². The Bertz CT molecular complexity index is 387. The zero-order valence-corrected chi connectivity index (χ0v) is 12.5. The SMILES string of the molecule is CCCC1CC(NCc2cn(C)nc2CC)CCO1. The Kier molecular flexibility index (Phi) is 5.40. The van der Waals surface area contributed by atoms with E-state index >= 15 is 0 Å². The first-order chi connectivity index (χ1) is 9.22. The molecular formula is C15H27N3O. The van der Waals surface area contributed by atoms with Crippen LogP contribution in [-0.4, -0.2) is 28.5 Å². The van der Waals surface area contributed by atoms with Gasteiger partial charge in [0, 0.05) is 38.0 Å². The highest BCUT2D eigenvalue weighted by molar-refractivity contribution is 5.16. The third-order valence-electron chi connectivity index (χ3n) is 3.89. The van der Waals surface area contributed by atoms with Crippen molar-refractivity contribution in [3.05, 3.63) is 17.5 Å². The average Bonchev–Trinajstić information content (AvgIpc) is 2.78. The molecule has 1 fully saturated rings.